The van der Waals surface area contributed by atoms with Gasteiger partial charge in [0.1, 0.15) is 6.10 Å². The monoisotopic (exact) mass is 265 g/mol. The molecular formula is C15H23NO3. The highest BCUT2D eigenvalue weighted by Gasteiger charge is 2.17. The lowest BCUT2D eigenvalue weighted by atomic mass is 10.1. The standard InChI is InChI=1S/C15H23NO3/c1-11(16)9-12-3-4-14(15(10-12)17-2)19-13-5-7-18-8-6-13/h3-4,10-11,13H,5-9,16H2,1-2H3. The van der Waals surface area contributed by atoms with E-state index in [0.29, 0.717) is 0 Å². The van der Waals surface area contributed by atoms with Crippen LogP contribution in [-0.2, 0) is 11.2 Å². The minimum atomic E-state index is 0.145. The molecular weight excluding hydrogens is 242 g/mol. The van der Waals surface area contributed by atoms with Crippen LogP contribution < -0.4 is 15.2 Å². The van der Waals surface area contributed by atoms with Crippen LogP contribution in [0.3, 0.4) is 0 Å². The maximum absolute atomic E-state index is 6.00. The number of ether oxygens (including phenoxy) is 3. The average Bonchev–Trinajstić information content (AvgIpc) is 2.41. The van der Waals surface area contributed by atoms with Gasteiger partial charge in [-0.3, -0.25) is 0 Å². The third-order valence-corrected chi connectivity index (χ3v) is 3.25. The lowest BCUT2D eigenvalue weighted by Gasteiger charge is -2.24. The van der Waals surface area contributed by atoms with E-state index < -0.39 is 0 Å². The van der Waals surface area contributed by atoms with Crippen LogP contribution in [0.1, 0.15) is 25.3 Å². The Kier molecular flexibility index (Phi) is 5.05. The molecule has 106 valence electrons. The van der Waals surface area contributed by atoms with Crippen LogP contribution in [0.5, 0.6) is 11.5 Å². The van der Waals surface area contributed by atoms with Crippen LogP contribution in [0, 0.1) is 0 Å². The van der Waals surface area contributed by atoms with Gasteiger partial charge in [-0.2, -0.15) is 0 Å². The summed E-state index contributed by atoms with van der Waals surface area (Å²) in [5, 5.41) is 0. The number of benzene rings is 1. The van der Waals surface area contributed by atoms with Crippen molar-refractivity contribution in [3.63, 3.8) is 0 Å². The van der Waals surface area contributed by atoms with Gasteiger partial charge in [0.05, 0.1) is 20.3 Å². The molecule has 1 aromatic carbocycles. The normalized spacial score (nSPS) is 18.1. The van der Waals surface area contributed by atoms with Crippen molar-refractivity contribution in [2.24, 2.45) is 5.73 Å². The summed E-state index contributed by atoms with van der Waals surface area (Å²) >= 11 is 0. The molecule has 0 spiro atoms. The van der Waals surface area contributed by atoms with Crippen molar-refractivity contribution in [2.45, 2.75) is 38.3 Å². The van der Waals surface area contributed by atoms with Crippen LogP contribution in [0.15, 0.2) is 18.2 Å². The maximum Gasteiger partial charge on any atom is 0.161 e. The molecule has 0 saturated carbocycles. The summed E-state index contributed by atoms with van der Waals surface area (Å²) in [5.74, 6) is 1.59. The highest BCUT2D eigenvalue weighted by molar-refractivity contribution is 5.43. The SMILES string of the molecule is COc1cc(CC(C)N)ccc1OC1CCOCC1. The largest absolute Gasteiger partial charge is 0.493 e. The quantitative estimate of drug-likeness (QED) is 0.886. The molecule has 0 radical (unpaired) electrons. The molecule has 1 unspecified atom stereocenters. The number of rotatable bonds is 5. The molecule has 1 aliphatic rings. The minimum Gasteiger partial charge on any atom is -0.493 e. The Balaban J connectivity index is 2.06. The van der Waals surface area contributed by atoms with Crippen molar-refractivity contribution in [3.8, 4) is 11.5 Å². The van der Waals surface area contributed by atoms with Crippen molar-refractivity contribution in [3.05, 3.63) is 23.8 Å². The van der Waals surface area contributed by atoms with Crippen LogP contribution in [0.4, 0.5) is 0 Å². The molecule has 1 fully saturated rings. The Labute approximate surface area is 114 Å². The molecule has 1 heterocycles. The van der Waals surface area contributed by atoms with E-state index in [1.54, 1.807) is 7.11 Å². The van der Waals surface area contributed by atoms with Gasteiger partial charge in [-0.15, -0.1) is 0 Å². The zero-order valence-corrected chi connectivity index (χ0v) is 11.7. The molecule has 1 atom stereocenters. The number of methoxy groups -OCH3 is 1. The fraction of sp³-hybridized carbons (Fsp3) is 0.600. The van der Waals surface area contributed by atoms with Crippen LogP contribution >= 0.6 is 0 Å². The van der Waals surface area contributed by atoms with Gasteiger partial charge in [0.15, 0.2) is 11.5 Å². The molecule has 0 aliphatic carbocycles. The maximum atomic E-state index is 6.00. The molecule has 1 saturated heterocycles. The Bertz CT molecular complexity index is 400. The van der Waals surface area contributed by atoms with Gasteiger partial charge in [0, 0.05) is 18.9 Å². The second-order valence-electron chi connectivity index (χ2n) is 5.10. The van der Waals surface area contributed by atoms with E-state index in [1.807, 2.05) is 19.1 Å². The second kappa shape index (κ2) is 6.78. The van der Waals surface area contributed by atoms with Gasteiger partial charge in [-0.05, 0) is 31.0 Å². The van der Waals surface area contributed by atoms with Gasteiger partial charge in [-0.1, -0.05) is 6.07 Å². The Hall–Kier alpha value is -1.26. The summed E-state index contributed by atoms with van der Waals surface area (Å²) in [4.78, 5) is 0. The highest BCUT2D eigenvalue weighted by Crippen LogP contribution is 2.30. The van der Waals surface area contributed by atoms with Crippen molar-refractivity contribution in [2.75, 3.05) is 20.3 Å². The van der Waals surface area contributed by atoms with E-state index in [9.17, 15) is 0 Å². The molecule has 4 heteroatoms. The van der Waals surface area contributed by atoms with Gasteiger partial charge < -0.3 is 19.9 Å². The third kappa shape index (κ3) is 4.11. The molecule has 0 amide bonds. The van der Waals surface area contributed by atoms with E-state index in [0.717, 1.165) is 44.0 Å². The van der Waals surface area contributed by atoms with E-state index >= 15 is 0 Å². The molecule has 4 nitrogen and oxygen atoms in total. The van der Waals surface area contributed by atoms with Crippen molar-refractivity contribution < 1.29 is 14.2 Å². The zero-order valence-electron chi connectivity index (χ0n) is 11.7. The first-order valence-corrected chi connectivity index (χ1v) is 6.86. The van der Waals surface area contributed by atoms with Crippen molar-refractivity contribution in [1.29, 1.82) is 0 Å². The fourth-order valence-electron chi connectivity index (χ4n) is 2.28. The zero-order chi connectivity index (χ0) is 13.7. The molecule has 2 N–H and O–H groups in total. The second-order valence-corrected chi connectivity index (χ2v) is 5.10. The Morgan fingerprint density at radius 3 is 2.68 bits per heavy atom. The summed E-state index contributed by atoms with van der Waals surface area (Å²) in [7, 11) is 1.67. The average molecular weight is 265 g/mol. The molecule has 0 bridgehead atoms. The predicted molar refractivity (Wildman–Crippen MR) is 74.8 cm³/mol. The topological polar surface area (TPSA) is 53.7 Å². The van der Waals surface area contributed by atoms with Crippen LogP contribution in [-0.4, -0.2) is 32.5 Å². The van der Waals surface area contributed by atoms with Crippen molar-refractivity contribution in [1.82, 2.24) is 0 Å². The first-order valence-electron chi connectivity index (χ1n) is 6.86. The van der Waals surface area contributed by atoms with E-state index in [-0.39, 0.29) is 12.1 Å². The molecule has 1 aromatic rings. The lowest BCUT2D eigenvalue weighted by Crippen LogP contribution is -2.26. The lowest BCUT2D eigenvalue weighted by molar-refractivity contribution is 0.0245. The first kappa shape index (κ1) is 14.2. The summed E-state index contributed by atoms with van der Waals surface area (Å²) in [6.45, 7) is 3.55. The van der Waals surface area contributed by atoms with Crippen LogP contribution in [0.2, 0.25) is 0 Å². The molecule has 0 aromatic heterocycles. The van der Waals surface area contributed by atoms with E-state index in [1.165, 1.54) is 5.56 Å². The smallest absolute Gasteiger partial charge is 0.161 e. The number of hydrogen-bond acceptors (Lipinski definition) is 4. The van der Waals surface area contributed by atoms with Crippen LogP contribution in [0.25, 0.3) is 0 Å². The number of nitrogens with two attached hydrogens (primary N) is 1. The first-order chi connectivity index (χ1) is 9.19. The third-order valence-electron chi connectivity index (χ3n) is 3.25. The predicted octanol–water partition coefficient (Wildman–Crippen LogP) is 2.14. The Morgan fingerprint density at radius 1 is 1.32 bits per heavy atom. The summed E-state index contributed by atoms with van der Waals surface area (Å²) in [5.41, 5.74) is 6.99. The number of hydrogen-bond donors (Lipinski definition) is 1. The summed E-state index contributed by atoms with van der Waals surface area (Å²) in [6, 6.07) is 6.19. The highest BCUT2D eigenvalue weighted by atomic mass is 16.5. The van der Waals surface area contributed by atoms with E-state index in [2.05, 4.69) is 6.07 Å². The minimum absolute atomic E-state index is 0.145. The summed E-state index contributed by atoms with van der Waals surface area (Å²) in [6.07, 6.45) is 2.94. The fourth-order valence-corrected chi connectivity index (χ4v) is 2.28. The molecule has 1 aliphatic heterocycles. The molecule has 2 rings (SSSR count). The van der Waals surface area contributed by atoms with Gasteiger partial charge >= 0.3 is 0 Å². The van der Waals surface area contributed by atoms with Gasteiger partial charge in [-0.25, -0.2) is 0 Å². The van der Waals surface area contributed by atoms with Gasteiger partial charge in [0.25, 0.3) is 0 Å². The van der Waals surface area contributed by atoms with E-state index in [4.69, 9.17) is 19.9 Å². The van der Waals surface area contributed by atoms with Gasteiger partial charge in [0.2, 0.25) is 0 Å². The Morgan fingerprint density at radius 2 is 2.05 bits per heavy atom. The molecule has 19 heavy (non-hydrogen) atoms. The summed E-state index contributed by atoms with van der Waals surface area (Å²) < 4.78 is 16.7. The van der Waals surface area contributed by atoms with Crippen molar-refractivity contribution >= 4 is 0 Å².